The molecule has 0 aliphatic heterocycles. The van der Waals surface area contributed by atoms with Crippen molar-refractivity contribution < 1.29 is 24.2 Å². The number of aromatic nitrogens is 2. The zero-order chi connectivity index (χ0) is 22.9. The van der Waals surface area contributed by atoms with Crippen molar-refractivity contribution in [2.24, 2.45) is 5.73 Å². The van der Waals surface area contributed by atoms with E-state index < -0.39 is 36.5 Å². The van der Waals surface area contributed by atoms with Crippen molar-refractivity contribution in [3.63, 3.8) is 0 Å². The maximum Gasteiger partial charge on any atom is 0.310 e. The van der Waals surface area contributed by atoms with Crippen LogP contribution in [0.5, 0.6) is 0 Å². The van der Waals surface area contributed by atoms with Crippen molar-refractivity contribution in [1.29, 1.82) is 5.26 Å². The molecule has 2 N–H and O–H groups in total. The van der Waals surface area contributed by atoms with Crippen molar-refractivity contribution in [1.82, 2.24) is 9.78 Å². The number of primary amides is 1. The van der Waals surface area contributed by atoms with Gasteiger partial charge in [-0.1, -0.05) is 42.6 Å². The van der Waals surface area contributed by atoms with Crippen molar-refractivity contribution in [2.45, 2.75) is 23.2 Å². The molecule has 0 atom stereocenters. The van der Waals surface area contributed by atoms with Crippen LogP contribution in [0, 0.1) is 11.3 Å². The van der Waals surface area contributed by atoms with E-state index in [0.29, 0.717) is 12.8 Å². The van der Waals surface area contributed by atoms with Gasteiger partial charge in [0.1, 0.15) is 22.5 Å². The minimum Gasteiger partial charge on any atom is -0.369 e. The highest BCUT2D eigenvalue weighted by Crippen LogP contribution is 3.02. The van der Waals surface area contributed by atoms with E-state index in [4.69, 9.17) is 28.9 Å². The summed E-state index contributed by atoms with van der Waals surface area (Å²) in [7, 11) is -6.99. The Morgan fingerprint density at radius 3 is 2.07 bits per heavy atom. The number of nitrogens with zero attached hydrogens (tertiary/aromatic N) is 4. The van der Waals surface area contributed by atoms with Gasteiger partial charge >= 0.3 is 10.2 Å². The van der Waals surface area contributed by atoms with Gasteiger partial charge in [0, 0.05) is 19.7 Å². The largest absolute Gasteiger partial charge is 0.369 e. The predicted molar refractivity (Wildman–Crippen MR) is 104 cm³/mol. The maximum absolute atomic E-state index is 13.2. The summed E-state index contributed by atoms with van der Waals surface area (Å²) in [5.41, 5.74) is 3.94. The lowest BCUT2D eigenvalue weighted by Gasteiger charge is -2.40. The summed E-state index contributed by atoms with van der Waals surface area (Å²) in [5.74, 6) is -0.582. The van der Waals surface area contributed by atoms with E-state index in [1.165, 1.54) is 19.0 Å². The first kappa shape index (κ1) is 22.5. The van der Waals surface area contributed by atoms with E-state index in [1.54, 1.807) is 0 Å². The quantitative estimate of drug-likeness (QED) is 0.577. The second-order valence-corrected chi connectivity index (χ2v) is 10.3. The Labute approximate surface area is 177 Å². The summed E-state index contributed by atoms with van der Waals surface area (Å²) in [5, 5.41) is 12.0. The van der Waals surface area contributed by atoms with E-state index in [1.807, 2.05) is 6.07 Å². The van der Waals surface area contributed by atoms with Crippen LogP contribution in [0.4, 0.5) is 25.2 Å². The molecule has 1 heterocycles. The SMILES string of the molecule is CN(C)c1c(C2(C(N)=O)CC2)c(C#N)nn1-c1c(Cl)cc(S(F)(F)(F)(F)F)cc1Cl. The lowest BCUT2D eigenvalue weighted by molar-refractivity contribution is -0.120. The van der Waals surface area contributed by atoms with Crippen LogP contribution in [0.15, 0.2) is 17.0 Å². The van der Waals surface area contributed by atoms with Gasteiger partial charge in [-0.2, -0.15) is 10.4 Å². The third kappa shape index (κ3) is 3.55. The molecule has 0 saturated heterocycles. The number of nitrogens with two attached hydrogens (primary N) is 1. The van der Waals surface area contributed by atoms with Gasteiger partial charge in [0.15, 0.2) is 5.69 Å². The minimum atomic E-state index is -10.0. The predicted octanol–water partition coefficient (Wildman–Crippen LogP) is 5.29. The van der Waals surface area contributed by atoms with Crippen molar-refractivity contribution in [3.05, 3.63) is 33.4 Å². The Kier molecular flexibility index (Phi) is 4.44. The topological polar surface area (TPSA) is 87.9 Å². The molecule has 1 aliphatic carbocycles. The van der Waals surface area contributed by atoms with Gasteiger partial charge in [-0.25, -0.2) is 4.68 Å². The number of anilines is 1. The second-order valence-electron chi connectivity index (χ2n) is 7.12. The number of halogens is 7. The molecule has 14 heteroatoms. The molecule has 0 bridgehead atoms. The minimum absolute atomic E-state index is 0.0537. The third-order valence-electron chi connectivity index (χ3n) is 4.74. The van der Waals surface area contributed by atoms with E-state index in [9.17, 15) is 29.5 Å². The molecule has 1 fully saturated rings. The highest BCUT2D eigenvalue weighted by Gasteiger charge is 2.65. The Bertz CT molecular complexity index is 1110. The highest BCUT2D eigenvalue weighted by atomic mass is 35.5. The fourth-order valence-electron chi connectivity index (χ4n) is 3.21. The molecule has 30 heavy (non-hydrogen) atoms. The van der Waals surface area contributed by atoms with E-state index in [0.717, 1.165) is 4.68 Å². The molecule has 0 unspecified atom stereocenters. The summed E-state index contributed by atoms with van der Waals surface area (Å²) in [6.45, 7) is 0. The number of nitriles is 1. The summed E-state index contributed by atoms with van der Waals surface area (Å²) >= 11 is 11.8. The molecule has 1 saturated carbocycles. The van der Waals surface area contributed by atoms with Crippen LogP contribution < -0.4 is 10.6 Å². The number of amides is 1. The smallest absolute Gasteiger partial charge is 0.310 e. The fourth-order valence-corrected chi connectivity index (χ4v) is 4.67. The Hall–Kier alpha value is -2.23. The first-order valence-electron chi connectivity index (χ1n) is 8.17. The van der Waals surface area contributed by atoms with Crippen LogP contribution in [0.3, 0.4) is 0 Å². The van der Waals surface area contributed by atoms with E-state index in [-0.39, 0.29) is 34.9 Å². The summed E-state index contributed by atoms with van der Waals surface area (Å²) in [4.78, 5) is 11.2. The van der Waals surface area contributed by atoms with Crippen molar-refractivity contribution in [3.8, 4) is 11.8 Å². The second kappa shape index (κ2) is 5.93. The molecule has 164 valence electrons. The summed E-state index contributed by atoms with van der Waals surface area (Å²) in [6.07, 6.45) is 0.683. The van der Waals surface area contributed by atoms with Crippen molar-refractivity contribution in [2.75, 3.05) is 19.0 Å². The standard InChI is InChI=1S/C16H14Cl2F5N5OS/c1-27(2)14-12(16(3-4-16)15(25)29)11(7-24)26-28(14)13-9(17)5-8(6-10(13)18)30(19,20,21,22)23/h5-6H,3-4H2,1-2H3,(H2,25,29). The number of carbonyl (C=O) groups is 1. The Balaban J connectivity index is 2.35. The molecule has 2 aromatic rings. The first-order chi connectivity index (χ1) is 13.4. The molecule has 0 radical (unpaired) electrons. The van der Waals surface area contributed by atoms with Gasteiger partial charge in [-0.3, -0.25) is 4.79 Å². The molecule has 3 rings (SSSR count). The molecule has 1 aromatic carbocycles. The number of carbonyl (C=O) groups excluding carboxylic acids is 1. The van der Waals surface area contributed by atoms with Gasteiger partial charge in [0.25, 0.3) is 0 Å². The number of benzene rings is 1. The van der Waals surface area contributed by atoms with Crippen molar-refractivity contribution >= 4 is 45.2 Å². The number of rotatable bonds is 5. The molecule has 1 aliphatic rings. The van der Waals surface area contributed by atoms with Crippen LogP contribution >= 0.6 is 33.4 Å². The van der Waals surface area contributed by atoms with Crippen LogP contribution in [-0.4, -0.2) is 29.8 Å². The van der Waals surface area contributed by atoms with E-state index in [2.05, 4.69) is 5.10 Å². The highest BCUT2D eigenvalue weighted by molar-refractivity contribution is 8.45. The molecular weight excluding hydrogens is 476 g/mol. The van der Waals surface area contributed by atoms with Crippen LogP contribution in [0.2, 0.25) is 10.0 Å². The van der Waals surface area contributed by atoms with Crippen LogP contribution in [0.1, 0.15) is 24.1 Å². The van der Waals surface area contributed by atoms with Crippen LogP contribution in [0.25, 0.3) is 5.69 Å². The zero-order valence-electron chi connectivity index (χ0n) is 15.4. The third-order valence-corrected chi connectivity index (χ3v) is 6.44. The monoisotopic (exact) mass is 489 g/mol. The summed E-state index contributed by atoms with van der Waals surface area (Å²) < 4.78 is 66.9. The zero-order valence-corrected chi connectivity index (χ0v) is 17.7. The summed E-state index contributed by atoms with van der Waals surface area (Å²) in [6, 6.07) is 1.93. The Morgan fingerprint density at radius 1 is 1.23 bits per heavy atom. The fraction of sp³-hybridized carbons (Fsp3) is 0.312. The van der Waals surface area contributed by atoms with Gasteiger partial charge in [-0.15, -0.1) is 0 Å². The van der Waals surface area contributed by atoms with Gasteiger partial charge in [0.05, 0.1) is 15.5 Å². The maximum atomic E-state index is 13.2. The average molecular weight is 490 g/mol. The molecule has 1 amide bonds. The van der Waals surface area contributed by atoms with Gasteiger partial charge in [-0.05, 0) is 25.0 Å². The number of hydrogen-bond acceptors (Lipinski definition) is 4. The molecular formula is C16H14Cl2F5N5OS. The lowest BCUT2D eigenvalue weighted by atomic mass is 9.94. The lowest BCUT2D eigenvalue weighted by Crippen LogP contribution is -2.30. The van der Waals surface area contributed by atoms with Gasteiger partial charge in [0.2, 0.25) is 5.91 Å². The van der Waals surface area contributed by atoms with E-state index >= 15 is 0 Å². The molecule has 0 spiro atoms. The molecule has 1 aromatic heterocycles. The van der Waals surface area contributed by atoms with Gasteiger partial charge < -0.3 is 10.6 Å². The van der Waals surface area contributed by atoms with Crippen LogP contribution in [-0.2, 0) is 10.2 Å². The number of hydrogen-bond donors (Lipinski definition) is 1. The first-order valence-corrected chi connectivity index (χ1v) is 10.9. The average Bonchev–Trinajstić information content (AvgIpc) is 3.27. The molecule has 6 nitrogen and oxygen atoms in total. The Morgan fingerprint density at radius 2 is 1.73 bits per heavy atom. The normalized spacial score (nSPS) is 17.6.